The Hall–Kier alpha value is -1.09. The first-order valence-corrected chi connectivity index (χ1v) is 5.38. The third-order valence-electron chi connectivity index (χ3n) is 2.51. The fourth-order valence-electron chi connectivity index (χ4n) is 1.49. The van der Waals surface area contributed by atoms with Gasteiger partial charge in [0.2, 0.25) is 0 Å². The lowest BCUT2D eigenvalue weighted by molar-refractivity contribution is 0.311. The van der Waals surface area contributed by atoms with Crippen molar-refractivity contribution in [2.75, 3.05) is 13.2 Å². The van der Waals surface area contributed by atoms with Crippen LogP contribution in [0.2, 0.25) is 0 Å². The normalized spacial score (nSPS) is 15.3. The topological polar surface area (TPSA) is 21.3 Å². The number of hydrogen-bond donors (Lipinski definition) is 1. The maximum Gasteiger partial charge on any atom is 0.123 e. The third-order valence-corrected chi connectivity index (χ3v) is 2.51. The van der Waals surface area contributed by atoms with Gasteiger partial charge in [-0.25, -0.2) is 4.39 Å². The van der Waals surface area contributed by atoms with E-state index in [9.17, 15) is 4.39 Å². The van der Waals surface area contributed by atoms with Crippen LogP contribution in [0.3, 0.4) is 0 Å². The first-order chi connectivity index (χ1) is 7.25. The average Bonchev–Trinajstić information content (AvgIpc) is 2.99. The van der Waals surface area contributed by atoms with Crippen molar-refractivity contribution < 1.29 is 9.13 Å². The summed E-state index contributed by atoms with van der Waals surface area (Å²) in [7, 11) is 0. The lowest BCUT2D eigenvalue weighted by Crippen LogP contribution is -2.22. The molecule has 1 fully saturated rings. The number of nitrogens with one attached hydrogen (secondary N) is 1. The summed E-state index contributed by atoms with van der Waals surface area (Å²) in [4.78, 5) is 0. The Morgan fingerprint density at radius 2 is 2.27 bits per heavy atom. The van der Waals surface area contributed by atoms with Crippen molar-refractivity contribution in [3.05, 3.63) is 29.6 Å². The van der Waals surface area contributed by atoms with Gasteiger partial charge in [-0.15, -0.1) is 0 Å². The molecule has 0 heterocycles. The highest BCUT2D eigenvalue weighted by Gasteiger charge is 2.19. The van der Waals surface area contributed by atoms with Crippen LogP contribution in [0, 0.1) is 12.7 Å². The van der Waals surface area contributed by atoms with Crippen LogP contribution in [-0.4, -0.2) is 19.2 Å². The van der Waals surface area contributed by atoms with Crippen molar-refractivity contribution in [3.8, 4) is 5.75 Å². The second-order valence-electron chi connectivity index (χ2n) is 3.99. The lowest BCUT2D eigenvalue weighted by Gasteiger charge is -2.09. The van der Waals surface area contributed by atoms with Crippen LogP contribution in [0.15, 0.2) is 18.2 Å². The van der Waals surface area contributed by atoms with E-state index in [2.05, 4.69) is 5.32 Å². The Morgan fingerprint density at radius 1 is 1.47 bits per heavy atom. The molecule has 1 aromatic rings. The van der Waals surface area contributed by atoms with E-state index >= 15 is 0 Å². The quantitative estimate of drug-likeness (QED) is 0.751. The number of benzene rings is 1. The Balaban J connectivity index is 1.76. The van der Waals surface area contributed by atoms with Gasteiger partial charge in [-0.2, -0.15) is 0 Å². The molecule has 0 unspecified atom stereocenters. The zero-order valence-electron chi connectivity index (χ0n) is 8.92. The van der Waals surface area contributed by atoms with E-state index in [4.69, 9.17) is 4.74 Å². The Bertz CT molecular complexity index is 336. The van der Waals surface area contributed by atoms with Gasteiger partial charge in [-0.3, -0.25) is 0 Å². The van der Waals surface area contributed by atoms with Crippen molar-refractivity contribution in [3.63, 3.8) is 0 Å². The highest BCUT2D eigenvalue weighted by molar-refractivity contribution is 5.32. The number of rotatable bonds is 5. The molecule has 0 aliphatic heterocycles. The molecule has 1 aliphatic rings. The van der Waals surface area contributed by atoms with Gasteiger partial charge in [-0.1, -0.05) is 0 Å². The summed E-state index contributed by atoms with van der Waals surface area (Å²) in [6.45, 7) is 3.36. The molecule has 1 aromatic carbocycles. The van der Waals surface area contributed by atoms with Crippen LogP contribution in [0.5, 0.6) is 5.75 Å². The van der Waals surface area contributed by atoms with E-state index in [0.29, 0.717) is 12.6 Å². The van der Waals surface area contributed by atoms with Crippen LogP contribution in [0.25, 0.3) is 0 Å². The zero-order valence-corrected chi connectivity index (χ0v) is 8.92. The van der Waals surface area contributed by atoms with Crippen LogP contribution in [-0.2, 0) is 0 Å². The largest absolute Gasteiger partial charge is 0.492 e. The van der Waals surface area contributed by atoms with Gasteiger partial charge < -0.3 is 10.1 Å². The minimum atomic E-state index is -0.212. The molecule has 0 radical (unpaired) electrons. The molecule has 0 saturated heterocycles. The Morgan fingerprint density at radius 3 is 2.93 bits per heavy atom. The molecule has 1 N–H and O–H groups in total. The van der Waals surface area contributed by atoms with Gasteiger partial charge in [0, 0.05) is 12.6 Å². The lowest BCUT2D eigenvalue weighted by atomic mass is 10.2. The highest BCUT2D eigenvalue weighted by Crippen LogP contribution is 2.19. The molecule has 0 atom stereocenters. The molecule has 0 aromatic heterocycles. The van der Waals surface area contributed by atoms with Crippen molar-refractivity contribution in [1.29, 1.82) is 0 Å². The first kappa shape index (κ1) is 10.4. The summed E-state index contributed by atoms with van der Waals surface area (Å²) < 4.78 is 18.3. The molecule has 0 bridgehead atoms. The second-order valence-corrected chi connectivity index (χ2v) is 3.99. The van der Waals surface area contributed by atoms with Crippen molar-refractivity contribution in [2.24, 2.45) is 0 Å². The number of halogens is 1. The van der Waals surface area contributed by atoms with E-state index in [1.807, 2.05) is 6.92 Å². The summed E-state index contributed by atoms with van der Waals surface area (Å²) in [5, 5.41) is 3.36. The monoisotopic (exact) mass is 209 g/mol. The van der Waals surface area contributed by atoms with Crippen molar-refractivity contribution in [1.82, 2.24) is 5.32 Å². The molecule has 82 valence electrons. The zero-order chi connectivity index (χ0) is 10.7. The van der Waals surface area contributed by atoms with Gasteiger partial charge in [0.1, 0.15) is 18.2 Å². The standard InChI is InChI=1S/C12H16FNO/c1-9-8-10(13)2-5-12(9)15-7-6-14-11-3-4-11/h2,5,8,11,14H,3-4,6-7H2,1H3. The highest BCUT2D eigenvalue weighted by atomic mass is 19.1. The third kappa shape index (κ3) is 3.20. The molecule has 3 heteroatoms. The predicted molar refractivity (Wildman–Crippen MR) is 57.7 cm³/mol. The summed E-state index contributed by atoms with van der Waals surface area (Å²) >= 11 is 0. The molecule has 1 aliphatic carbocycles. The fraction of sp³-hybridized carbons (Fsp3) is 0.500. The minimum absolute atomic E-state index is 0.212. The SMILES string of the molecule is Cc1cc(F)ccc1OCCNC1CC1. The molecular weight excluding hydrogens is 193 g/mol. The Kier molecular flexibility index (Phi) is 3.21. The Labute approximate surface area is 89.4 Å². The number of aryl methyl sites for hydroxylation is 1. The van der Waals surface area contributed by atoms with E-state index in [-0.39, 0.29) is 5.82 Å². The van der Waals surface area contributed by atoms with Gasteiger partial charge >= 0.3 is 0 Å². The predicted octanol–water partition coefficient (Wildman–Crippen LogP) is 2.26. The first-order valence-electron chi connectivity index (χ1n) is 5.38. The smallest absolute Gasteiger partial charge is 0.123 e. The van der Waals surface area contributed by atoms with E-state index in [0.717, 1.165) is 17.9 Å². The van der Waals surface area contributed by atoms with Crippen LogP contribution in [0.1, 0.15) is 18.4 Å². The average molecular weight is 209 g/mol. The van der Waals surface area contributed by atoms with Crippen molar-refractivity contribution >= 4 is 0 Å². The molecule has 0 amide bonds. The molecule has 15 heavy (non-hydrogen) atoms. The number of ether oxygens (including phenoxy) is 1. The fourth-order valence-corrected chi connectivity index (χ4v) is 1.49. The van der Waals surface area contributed by atoms with Gasteiger partial charge in [0.25, 0.3) is 0 Å². The van der Waals surface area contributed by atoms with Crippen LogP contribution < -0.4 is 10.1 Å². The van der Waals surface area contributed by atoms with Crippen LogP contribution >= 0.6 is 0 Å². The van der Waals surface area contributed by atoms with Crippen LogP contribution in [0.4, 0.5) is 4.39 Å². The maximum absolute atomic E-state index is 12.8. The van der Waals surface area contributed by atoms with Gasteiger partial charge in [0.15, 0.2) is 0 Å². The molecule has 1 saturated carbocycles. The van der Waals surface area contributed by atoms with Gasteiger partial charge in [-0.05, 0) is 43.5 Å². The molecule has 2 nitrogen and oxygen atoms in total. The summed E-state index contributed by atoms with van der Waals surface area (Å²) in [5.74, 6) is 0.560. The summed E-state index contributed by atoms with van der Waals surface area (Å²) in [6.07, 6.45) is 2.57. The van der Waals surface area contributed by atoms with E-state index in [1.54, 1.807) is 6.07 Å². The van der Waals surface area contributed by atoms with Gasteiger partial charge in [0.05, 0.1) is 0 Å². The van der Waals surface area contributed by atoms with E-state index < -0.39 is 0 Å². The molecule has 2 rings (SSSR count). The molecule has 0 spiro atoms. The summed E-state index contributed by atoms with van der Waals surface area (Å²) in [5.41, 5.74) is 0.849. The second kappa shape index (κ2) is 4.62. The minimum Gasteiger partial charge on any atom is -0.492 e. The summed E-state index contributed by atoms with van der Waals surface area (Å²) in [6, 6.07) is 5.31. The number of hydrogen-bond acceptors (Lipinski definition) is 2. The van der Waals surface area contributed by atoms with E-state index in [1.165, 1.54) is 25.0 Å². The maximum atomic E-state index is 12.8. The van der Waals surface area contributed by atoms with Crippen molar-refractivity contribution in [2.45, 2.75) is 25.8 Å². The molecular formula is C12H16FNO.